The van der Waals surface area contributed by atoms with E-state index in [0.29, 0.717) is 62.1 Å². The number of hydrogen-bond donors (Lipinski definition) is 0. The van der Waals surface area contributed by atoms with E-state index in [-0.39, 0.29) is 12.3 Å². The highest BCUT2D eigenvalue weighted by Crippen LogP contribution is 2.23. The fourth-order valence-corrected chi connectivity index (χ4v) is 5.71. The third kappa shape index (κ3) is 4.88. The summed E-state index contributed by atoms with van der Waals surface area (Å²) in [5, 5.41) is 8.21. The Morgan fingerprint density at radius 1 is 0.800 bits per heavy atom. The van der Waals surface area contributed by atoms with Crippen molar-refractivity contribution in [1.82, 2.24) is 24.3 Å². The molecule has 182 valence electrons. The van der Waals surface area contributed by atoms with Gasteiger partial charge in [0.25, 0.3) is 11.8 Å². The van der Waals surface area contributed by atoms with E-state index in [1.54, 1.807) is 24.3 Å². The number of fused-ring (bicyclic) bond motifs is 1. The summed E-state index contributed by atoms with van der Waals surface area (Å²) < 4.78 is 32.9. The van der Waals surface area contributed by atoms with Crippen LogP contribution >= 0.6 is 0 Å². The maximum atomic E-state index is 12.9. The molecule has 2 aromatic carbocycles. The zero-order chi connectivity index (χ0) is 24.4. The summed E-state index contributed by atoms with van der Waals surface area (Å²) in [5.41, 5.74) is 1.51. The molecule has 0 radical (unpaired) electrons. The van der Waals surface area contributed by atoms with Gasteiger partial charge in [-0.05, 0) is 24.3 Å². The van der Waals surface area contributed by atoms with Crippen molar-refractivity contribution in [2.24, 2.45) is 0 Å². The number of amides is 2. The van der Waals surface area contributed by atoms with E-state index in [2.05, 4.69) is 15.1 Å². The molecule has 2 aliphatic rings. The highest BCUT2D eigenvalue weighted by molar-refractivity contribution is 7.89. The molecule has 11 heteroatoms. The molecule has 10 nitrogen and oxygen atoms in total. The predicted molar refractivity (Wildman–Crippen MR) is 127 cm³/mol. The van der Waals surface area contributed by atoms with E-state index in [1.165, 1.54) is 4.31 Å². The van der Waals surface area contributed by atoms with Crippen LogP contribution in [0.2, 0.25) is 0 Å². The van der Waals surface area contributed by atoms with E-state index in [9.17, 15) is 18.0 Å². The normalized spacial score (nSPS) is 17.2. The smallest absolute Gasteiger partial charge is 0.261 e. The van der Waals surface area contributed by atoms with Crippen LogP contribution in [0.5, 0.6) is 0 Å². The number of rotatable bonds is 8. The number of benzene rings is 2. The summed E-state index contributed by atoms with van der Waals surface area (Å²) in [6.07, 6.45) is 0.576. The topological polar surface area (TPSA) is 117 Å². The first-order valence-electron chi connectivity index (χ1n) is 11.5. The standard InChI is InChI=1S/C24H25N5O5S/c30-23-19-8-4-5-9-20(19)24(31)29(23)16-17-35(32,33)28-14-12-27(13-15-28)11-10-21-25-26-22(34-21)18-6-2-1-3-7-18/h1-9H,10-17H2. The van der Waals surface area contributed by atoms with Gasteiger partial charge in [-0.2, -0.15) is 4.31 Å². The third-order valence-electron chi connectivity index (χ3n) is 6.31. The Balaban J connectivity index is 1.10. The van der Waals surface area contributed by atoms with Crippen LogP contribution in [0.15, 0.2) is 59.0 Å². The molecule has 1 fully saturated rings. The van der Waals surface area contributed by atoms with Gasteiger partial charge in [0, 0.05) is 51.3 Å². The number of piperazine rings is 1. The number of carbonyl (C=O) groups excluding carboxylic acids is 2. The second-order valence-electron chi connectivity index (χ2n) is 8.48. The lowest BCUT2D eigenvalue weighted by molar-refractivity contribution is 0.0663. The number of imide groups is 1. The van der Waals surface area contributed by atoms with Crippen LogP contribution in [0.1, 0.15) is 26.6 Å². The van der Waals surface area contributed by atoms with Crippen molar-refractivity contribution in [3.8, 4) is 11.5 Å². The monoisotopic (exact) mass is 495 g/mol. The number of aromatic nitrogens is 2. The zero-order valence-corrected chi connectivity index (χ0v) is 19.9. The summed E-state index contributed by atoms with van der Waals surface area (Å²) in [5.74, 6) is -0.151. The minimum absolute atomic E-state index is 0.157. The van der Waals surface area contributed by atoms with Crippen molar-refractivity contribution in [2.45, 2.75) is 6.42 Å². The molecule has 5 rings (SSSR count). The summed E-state index contributed by atoms with van der Waals surface area (Å²) in [4.78, 5) is 28.1. The highest BCUT2D eigenvalue weighted by atomic mass is 32.2. The number of nitrogens with zero attached hydrogens (tertiary/aromatic N) is 5. The van der Waals surface area contributed by atoms with Crippen LogP contribution in [0, 0.1) is 0 Å². The van der Waals surface area contributed by atoms with Gasteiger partial charge in [-0.15, -0.1) is 10.2 Å². The second-order valence-corrected chi connectivity index (χ2v) is 10.6. The zero-order valence-electron chi connectivity index (χ0n) is 19.0. The van der Waals surface area contributed by atoms with Gasteiger partial charge < -0.3 is 9.32 Å². The molecule has 1 aromatic heterocycles. The molecule has 2 amide bonds. The van der Waals surface area contributed by atoms with Gasteiger partial charge in [0.1, 0.15) is 0 Å². The van der Waals surface area contributed by atoms with E-state index in [0.717, 1.165) is 10.5 Å². The number of carbonyl (C=O) groups is 2. The van der Waals surface area contributed by atoms with Crippen molar-refractivity contribution >= 4 is 21.8 Å². The van der Waals surface area contributed by atoms with Gasteiger partial charge in [-0.1, -0.05) is 30.3 Å². The maximum Gasteiger partial charge on any atom is 0.261 e. The Morgan fingerprint density at radius 2 is 1.43 bits per heavy atom. The van der Waals surface area contributed by atoms with Crippen molar-refractivity contribution in [2.75, 3.05) is 45.0 Å². The minimum atomic E-state index is -3.60. The molecule has 0 saturated carbocycles. The molecule has 0 bridgehead atoms. The van der Waals surface area contributed by atoms with Crippen LogP contribution in [0.3, 0.4) is 0 Å². The van der Waals surface area contributed by atoms with Gasteiger partial charge in [0.2, 0.25) is 21.8 Å². The quantitative estimate of drug-likeness (QED) is 0.432. The Hall–Kier alpha value is -3.41. The number of hydrogen-bond acceptors (Lipinski definition) is 8. The predicted octanol–water partition coefficient (Wildman–Crippen LogP) is 1.52. The molecule has 0 aliphatic carbocycles. The molecular weight excluding hydrogens is 470 g/mol. The van der Waals surface area contributed by atoms with Crippen molar-refractivity contribution in [3.63, 3.8) is 0 Å². The van der Waals surface area contributed by atoms with Gasteiger partial charge in [0.05, 0.1) is 16.9 Å². The minimum Gasteiger partial charge on any atom is -0.421 e. The van der Waals surface area contributed by atoms with E-state index in [4.69, 9.17) is 4.42 Å². The lowest BCUT2D eigenvalue weighted by atomic mass is 10.1. The summed E-state index contributed by atoms with van der Waals surface area (Å²) >= 11 is 0. The second kappa shape index (κ2) is 9.68. The van der Waals surface area contributed by atoms with Crippen LogP contribution in [0.4, 0.5) is 0 Å². The van der Waals surface area contributed by atoms with Gasteiger partial charge in [-0.3, -0.25) is 14.5 Å². The van der Waals surface area contributed by atoms with E-state index >= 15 is 0 Å². The molecule has 0 unspecified atom stereocenters. The molecule has 0 N–H and O–H groups in total. The van der Waals surface area contributed by atoms with Gasteiger partial charge in [0.15, 0.2) is 0 Å². The van der Waals surface area contributed by atoms with Gasteiger partial charge in [-0.25, -0.2) is 8.42 Å². The fraction of sp³-hybridized carbons (Fsp3) is 0.333. The first kappa shape index (κ1) is 23.3. The lowest BCUT2D eigenvalue weighted by Crippen LogP contribution is -2.50. The molecule has 0 atom stereocenters. The van der Waals surface area contributed by atoms with Gasteiger partial charge >= 0.3 is 0 Å². The maximum absolute atomic E-state index is 12.9. The molecule has 35 heavy (non-hydrogen) atoms. The largest absolute Gasteiger partial charge is 0.421 e. The first-order valence-corrected chi connectivity index (χ1v) is 13.1. The Bertz CT molecular complexity index is 1300. The van der Waals surface area contributed by atoms with Crippen LogP contribution < -0.4 is 0 Å². The molecule has 3 heterocycles. The number of sulfonamides is 1. The molecule has 3 aromatic rings. The summed E-state index contributed by atoms with van der Waals surface area (Å²) in [6, 6.07) is 16.1. The molecule has 1 saturated heterocycles. The highest BCUT2D eigenvalue weighted by Gasteiger charge is 2.36. The Morgan fingerprint density at radius 3 is 2.09 bits per heavy atom. The van der Waals surface area contributed by atoms with E-state index < -0.39 is 21.8 Å². The van der Waals surface area contributed by atoms with Crippen LogP contribution in [-0.2, 0) is 16.4 Å². The summed E-state index contributed by atoms with van der Waals surface area (Å²) in [6.45, 7) is 2.38. The lowest BCUT2D eigenvalue weighted by Gasteiger charge is -2.34. The first-order chi connectivity index (χ1) is 16.9. The van der Waals surface area contributed by atoms with Crippen molar-refractivity contribution in [1.29, 1.82) is 0 Å². The van der Waals surface area contributed by atoms with Crippen molar-refractivity contribution < 1.29 is 22.4 Å². The SMILES string of the molecule is O=C1c2ccccc2C(=O)N1CCS(=O)(=O)N1CCN(CCc2nnc(-c3ccccc3)o2)CC1. The molecular formula is C24H25N5O5S. The Kier molecular flexibility index (Phi) is 6.46. The van der Waals surface area contributed by atoms with Crippen LogP contribution in [-0.4, -0.2) is 89.6 Å². The third-order valence-corrected chi connectivity index (χ3v) is 8.16. The summed E-state index contributed by atoms with van der Waals surface area (Å²) in [7, 11) is -3.60. The molecule has 0 spiro atoms. The average Bonchev–Trinajstić information content (AvgIpc) is 3.46. The average molecular weight is 496 g/mol. The van der Waals surface area contributed by atoms with E-state index in [1.807, 2.05) is 30.3 Å². The Labute approximate surface area is 203 Å². The van der Waals surface area contributed by atoms with Crippen molar-refractivity contribution in [3.05, 3.63) is 71.6 Å². The molecule has 2 aliphatic heterocycles. The fourth-order valence-electron chi connectivity index (χ4n) is 4.32. The van der Waals surface area contributed by atoms with Crippen LogP contribution in [0.25, 0.3) is 11.5 Å².